The van der Waals surface area contributed by atoms with Gasteiger partial charge in [-0.05, 0) is 35.8 Å². The lowest BCUT2D eigenvalue weighted by atomic mass is 10.1. The van der Waals surface area contributed by atoms with E-state index in [2.05, 4.69) is 14.9 Å². The maximum absolute atomic E-state index is 13.2. The van der Waals surface area contributed by atoms with Crippen LogP contribution in [0, 0.1) is 0 Å². The van der Waals surface area contributed by atoms with Crippen molar-refractivity contribution in [2.24, 2.45) is 0 Å². The van der Waals surface area contributed by atoms with E-state index in [1.165, 1.54) is 11.5 Å². The average Bonchev–Trinajstić information content (AvgIpc) is 3.16. The SMILES string of the molecule is COc1ccccc1N1C(=O)c2ccccc2NC1c1csnn1. The Balaban J connectivity index is 1.89. The summed E-state index contributed by atoms with van der Waals surface area (Å²) < 4.78 is 9.38. The van der Waals surface area contributed by atoms with Gasteiger partial charge in [0.25, 0.3) is 5.91 Å². The number of nitrogens with one attached hydrogen (secondary N) is 1. The van der Waals surface area contributed by atoms with Crippen molar-refractivity contribution in [3.8, 4) is 5.75 Å². The Labute approximate surface area is 142 Å². The van der Waals surface area contributed by atoms with Gasteiger partial charge in [0.05, 0.1) is 18.4 Å². The molecule has 0 spiro atoms. The number of hydrogen-bond acceptors (Lipinski definition) is 6. The van der Waals surface area contributed by atoms with Crippen molar-refractivity contribution in [2.45, 2.75) is 6.17 Å². The number of rotatable bonds is 3. The number of methoxy groups -OCH3 is 1. The molecule has 2 aromatic carbocycles. The minimum atomic E-state index is -0.442. The molecular weight excluding hydrogens is 324 g/mol. The third-order valence-electron chi connectivity index (χ3n) is 3.93. The van der Waals surface area contributed by atoms with Crippen LogP contribution in [0.4, 0.5) is 11.4 Å². The van der Waals surface area contributed by atoms with E-state index < -0.39 is 6.17 Å². The molecule has 2 heterocycles. The predicted molar refractivity (Wildman–Crippen MR) is 92.5 cm³/mol. The van der Waals surface area contributed by atoms with Crippen molar-refractivity contribution in [3.63, 3.8) is 0 Å². The standard InChI is InChI=1S/C17H14N4O2S/c1-23-15-9-5-4-8-14(15)21-16(13-10-24-20-19-13)18-12-7-3-2-6-11(12)17(21)22/h2-10,16,18H,1H3. The van der Waals surface area contributed by atoms with Gasteiger partial charge in [-0.2, -0.15) is 0 Å². The normalized spacial score (nSPS) is 16.5. The first kappa shape index (κ1) is 14.6. The highest BCUT2D eigenvalue weighted by molar-refractivity contribution is 7.03. The number of ether oxygens (including phenoxy) is 1. The molecule has 0 fully saturated rings. The summed E-state index contributed by atoms with van der Waals surface area (Å²) in [7, 11) is 1.59. The molecule has 0 radical (unpaired) electrons. The molecule has 1 atom stereocenters. The first-order valence-corrected chi connectivity index (χ1v) is 8.22. The Kier molecular flexibility index (Phi) is 3.62. The maximum atomic E-state index is 13.2. The number of nitrogens with zero attached hydrogens (tertiary/aromatic N) is 3. The molecule has 3 aromatic rings. The van der Waals surface area contributed by atoms with Crippen molar-refractivity contribution < 1.29 is 9.53 Å². The summed E-state index contributed by atoms with van der Waals surface area (Å²) in [6.45, 7) is 0. The van der Waals surface area contributed by atoms with Gasteiger partial charge in [-0.25, -0.2) is 0 Å². The lowest BCUT2D eigenvalue weighted by molar-refractivity contribution is 0.0973. The summed E-state index contributed by atoms with van der Waals surface area (Å²) in [5.41, 5.74) is 2.77. The summed E-state index contributed by atoms with van der Waals surface area (Å²) in [6.07, 6.45) is -0.442. The molecule has 1 aliphatic rings. The second-order valence-electron chi connectivity index (χ2n) is 5.27. The smallest absolute Gasteiger partial charge is 0.262 e. The van der Waals surface area contributed by atoms with Crippen molar-refractivity contribution >= 4 is 28.8 Å². The monoisotopic (exact) mass is 338 g/mol. The van der Waals surface area contributed by atoms with E-state index in [0.717, 1.165) is 5.69 Å². The van der Waals surface area contributed by atoms with Crippen molar-refractivity contribution in [2.75, 3.05) is 17.3 Å². The Morgan fingerprint density at radius 3 is 2.75 bits per heavy atom. The van der Waals surface area contributed by atoms with Crippen LogP contribution in [-0.4, -0.2) is 22.6 Å². The van der Waals surface area contributed by atoms with Crippen LogP contribution in [0.2, 0.25) is 0 Å². The molecule has 4 rings (SSSR count). The quantitative estimate of drug-likeness (QED) is 0.793. The highest BCUT2D eigenvalue weighted by Gasteiger charge is 2.36. The summed E-state index contributed by atoms with van der Waals surface area (Å²) in [5.74, 6) is 0.520. The molecule has 1 aromatic heterocycles. The van der Waals surface area contributed by atoms with Crippen molar-refractivity contribution in [3.05, 3.63) is 65.2 Å². The average molecular weight is 338 g/mol. The Bertz CT molecular complexity index is 882. The molecule has 0 aliphatic carbocycles. The molecule has 0 saturated carbocycles. The Morgan fingerprint density at radius 1 is 1.17 bits per heavy atom. The van der Waals surface area contributed by atoms with E-state index in [9.17, 15) is 4.79 Å². The fourth-order valence-electron chi connectivity index (χ4n) is 2.83. The van der Waals surface area contributed by atoms with Gasteiger partial charge in [-0.1, -0.05) is 28.8 Å². The van der Waals surface area contributed by atoms with E-state index in [0.29, 0.717) is 22.7 Å². The van der Waals surface area contributed by atoms with Crippen LogP contribution in [0.3, 0.4) is 0 Å². The van der Waals surface area contributed by atoms with Crippen LogP contribution in [0.1, 0.15) is 22.2 Å². The summed E-state index contributed by atoms with van der Waals surface area (Å²) in [6, 6.07) is 14.9. The molecule has 1 aliphatic heterocycles. The number of fused-ring (bicyclic) bond motifs is 1. The summed E-state index contributed by atoms with van der Waals surface area (Å²) in [5, 5.41) is 9.37. The Morgan fingerprint density at radius 2 is 1.96 bits per heavy atom. The highest BCUT2D eigenvalue weighted by atomic mass is 32.1. The van der Waals surface area contributed by atoms with Crippen LogP contribution in [0.5, 0.6) is 5.75 Å². The lowest BCUT2D eigenvalue weighted by Gasteiger charge is -2.37. The highest BCUT2D eigenvalue weighted by Crippen LogP contribution is 2.39. The number of amides is 1. The second-order valence-corrected chi connectivity index (χ2v) is 5.88. The zero-order valence-electron chi connectivity index (χ0n) is 12.8. The fourth-order valence-corrected chi connectivity index (χ4v) is 3.30. The van der Waals surface area contributed by atoms with Gasteiger partial charge in [-0.15, -0.1) is 5.10 Å². The van der Waals surface area contributed by atoms with Crippen LogP contribution >= 0.6 is 11.5 Å². The molecule has 6 nitrogen and oxygen atoms in total. The number of para-hydroxylation sites is 3. The van der Waals surface area contributed by atoms with E-state index in [4.69, 9.17) is 4.74 Å². The second kappa shape index (κ2) is 5.93. The van der Waals surface area contributed by atoms with Crippen LogP contribution < -0.4 is 15.0 Å². The van der Waals surface area contributed by atoms with E-state index in [1.807, 2.05) is 53.9 Å². The molecule has 0 saturated heterocycles. The summed E-state index contributed by atoms with van der Waals surface area (Å²) in [4.78, 5) is 14.8. The van der Waals surface area contributed by atoms with Gasteiger partial charge >= 0.3 is 0 Å². The number of aromatic nitrogens is 2. The molecule has 1 unspecified atom stereocenters. The van der Waals surface area contributed by atoms with Crippen LogP contribution in [0.15, 0.2) is 53.9 Å². The molecule has 120 valence electrons. The number of benzene rings is 2. The minimum absolute atomic E-state index is 0.105. The predicted octanol–water partition coefficient (Wildman–Crippen LogP) is 3.32. The van der Waals surface area contributed by atoms with Crippen LogP contribution in [-0.2, 0) is 0 Å². The first-order valence-electron chi connectivity index (χ1n) is 7.38. The maximum Gasteiger partial charge on any atom is 0.262 e. The number of anilines is 2. The van der Waals surface area contributed by atoms with E-state index in [-0.39, 0.29) is 5.91 Å². The topological polar surface area (TPSA) is 67.3 Å². The van der Waals surface area contributed by atoms with Gasteiger partial charge in [0.2, 0.25) is 0 Å². The number of carbonyl (C=O) groups excluding carboxylic acids is 1. The zero-order valence-corrected chi connectivity index (χ0v) is 13.7. The fraction of sp³-hybridized carbons (Fsp3) is 0.118. The van der Waals surface area contributed by atoms with Gasteiger partial charge < -0.3 is 10.1 Å². The van der Waals surface area contributed by atoms with Gasteiger partial charge in [-0.3, -0.25) is 9.69 Å². The molecule has 1 N–H and O–H groups in total. The van der Waals surface area contributed by atoms with E-state index in [1.54, 1.807) is 12.0 Å². The van der Waals surface area contributed by atoms with Crippen LogP contribution in [0.25, 0.3) is 0 Å². The van der Waals surface area contributed by atoms with Gasteiger partial charge in [0.15, 0.2) is 6.17 Å². The van der Waals surface area contributed by atoms with Crippen molar-refractivity contribution in [1.29, 1.82) is 0 Å². The molecular formula is C17H14N4O2S. The Hall–Kier alpha value is -2.93. The first-order chi connectivity index (χ1) is 11.8. The van der Waals surface area contributed by atoms with Gasteiger partial charge in [0.1, 0.15) is 11.4 Å². The minimum Gasteiger partial charge on any atom is -0.495 e. The third kappa shape index (κ3) is 2.30. The molecule has 24 heavy (non-hydrogen) atoms. The number of carbonyl (C=O) groups is 1. The van der Waals surface area contributed by atoms with E-state index >= 15 is 0 Å². The molecule has 1 amide bonds. The van der Waals surface area contributed by atoms with Crippen molar-refractivity contribution in [1.82, 2.24) is 9.59 Å². The zero-order chi connectivity index (χ0) is 16.5. The lowest BCUT2D eigenvalue weighted by Crippen LogP contribution is -2.43. The van der Waals surface area contributed by atoms with Gasteiger partial charge in [0, 0.05) is 11.1 Å². The molecule has 0 bridgehead atoms. The number of hydrogen-bond donors (Lipinski definition) is 1. The molecule has 7 heteroatoms. The third-order valence-corrected chi connectivity index (χ3v) is 4.45. The summed E-state index contributed by atoms with van der Waals surface area (Å²) >= 11 is 1.25. The largest absolute Gasteiger partial charge is 0.495 e.